The fourth-order valence-electron chi connectivity index (χ4n) is 2.30. The zero-order valence-electron chi connectivity index (χ0n) is 14.3. The molecule has 0 spiro atoms. The van der Waals surface area contributed by atoms with Crippen molar-refractivity contribution in [2.24, 2.45) is 0 Å². The molecular formula is C19H17ClN2O3S. The van der Waals surface area contributed by atoms with Crippen molar-refractivity contribution in [2.45, 2.75) is 9.92 Å². The third-order valence-corrected chi connectivity index (χ3v) is 5.52. The number of halogens is 1. The highest BCUT2D eigenvalue weighted by molar-refractivity contribution is 7.91. The maximum Gasteiger partial charge on any atom is 0.235 e. The number of hydrogen-bond acceptors (Lipinski definition) is 5. The number of rotatable bonds is 5. The molecule has 0 amide bonds. The van der Waals surface area contributed by atoms with E-state index in [0.29, 0.717) is 5.02 Å². The number of nitrogens with zero attached hydrogens (tertiary/aromatic N) is 2. The first kappa shape index (κ1) is 18.2. The Morgan fingerprint density at radius 2 is 1.65 bits per heavy atom. The highest BCUT2D eigenvalue weighted by Crippen LogP contribution is 2.31. The van der Waals surface area contributed by atoms with Gasteiger partial charge in [-0.3, -0.25) is 0 Å². The number of sulfone groups is 1. The summed E-state index contributed by atoms with van der Waals surface area (Å²) in [5.74, 6) is 0.387. The van der Waals surface area contributed by atoms with E-state index in [1.54, 1.807) is 25.1 Å². The minimum Gasteiger partial charge on any atom is -0.420 e. The molecule has 0 aliphatic rings. The monoisotopic (exact) mass is 388 g/mol. The molecule has 0 fully saturated rings. The van der Waals surface area contributed by atoms with E-state index in [-0.39, 0.29) is 21.7 Å². The van der Waals surface area contributed by atoms with Crippen LogP contribution < -0.4 is 4.90 Å². The van der Waals surface area contributed by atoms with Gasteiger partial charge in [-0.25, -0.2) is 8.42 Å². The van der Waals surface area contributed by atoms with Gasteiger partial charge in [0.1, 0.15) is 0 Å². The molecule has 0 radical (unpaired) electrons. The predicted octanol–water partition coefficient (Wildman–Crippen LogP) is 4.40. The van der Waals surface area contributed by atoms with Crippen molar-refractivity contribution in [1.82, 2.24) is 4.98 Å². The predicted molar refractivity (Wildman–Crippen MR) is 103 cm³/mol. The molecule has 0 N–H and O–H groups in total. The standard InChI is InChI=1S/C19H17ClN2O3S/c1-22(2)19-18(26(23,24)16-11-9-15(20)10-12-16)21-17(25-19)13-8-14-6-4-3-5-7-14/h3-13H,1-2H3. The minimum absolute atomic E-state index is 0.108. The topological polar surface area (TPSA) is 63.4 Å². The molecule has 3 rings (SSSR count). The first-order valence-corrected chi connectivity index (χ1v) is 9.66. The van der Waals surface area contributed by atoms with Crippen LogP contribution >= 0.6 is 11.6 Å². The minimum atomic E-state index is -3.83. The van der Waals surface area contributed by atoms with Gasteiger partial charge in [0.25, 0.3) is 0 Å². The molecule has 7 heteroatoms. The van der Waals surface area contributed by atoms with Gasteiger partial charge in [-0.2, -0.15) is 4.98 Å². The third kappa shape index (κ3) is 3.81. The number of hydrogen-bond donors (Lipinski definition) is 0. The van der Waals surface area contributed by atoms with E-state index in [1.165, 1.54) is 24.3 Å². The van der Waals surface area contributed by atoms with Crippen LogP contribution in [0.25, 0.3) is 12.2 Å². The SMILES string of the molecule is CN(C)c1oc(C=Cc2ccccc2)nc1S(=O)(=O)c1ccc(Cl)cc1. The molecule has 0 atom stereocenters. The zero-order chi connectivity index (χ0) is 18.7. The van der Waals surface area contributed by atoms with Crippen LogP contribution in [0.1, 0.15) is 11.5 Å². The Morgan fingerprint density at radius 3 is 2.27 bits per heavy atom. The number of benzene rings is 2. The third-order valence-electron chi connectivity index (χ3n) is 3.60. The molecule has 1 heterocycles. The summed E-state index contributed by atoms with van der Waals surface area (Å²) in [5.41, 5.74) is 0.958. The van der Waals surface area contributed by atoms with Crippen LogP contribution in [0.15, 0.2) is 68.9 Å². The van der Waals surface area contributed by atoms with Crippen LogP contribution in [0.2, 0.25) is 5.02 Å². The Labute approximate surface area is 157 Å². The van der Waals surface area contributed by atoms with Gasteiger partial charge in [0.05, 0.1) is 4.90 Å². The van der Waals surface area contributed by atoms with E-state index >= 15 is 0 Å². The van der Waals surface area contributed by atoms with Gasteiger partial charge in [-0.15, -0.1) is 0 Å². The summed E-state index contributed by atoms with van der Waals surface area (Å²) in [7, 11) is -0.432. The van der Waals surface area contributed by atoms with Crippen LogP contribution in [0, 0.1) is 0 Å². The summed E-state index contributed by atoms with van der Waals surface area (Å²) in [6, 6.07) is 15.6. The van der Waals surface area contributed by atoms with E-state index in [4.69, 9.17) is 16.0 Å². The van der Waals surface area contributed by atoms with E-state index in [0.717, 1.165) is 5.56 Å². The molecule has 0 bridgehead atoms. The molecule has 2 aromatic carbocycles. The molecule has 26 heavy (non-hydrogen) atoms. The van der Waals surface area contributed by atoms with Gasteiger partial charge in [-0.05, 0) is 35.9 Å². The molecular weight excluding hydrogens is 372 g/mol. The van der Waals surface area contributed by atoms with Crippen LogP contribution in [-0.4, -0.2) is 27.5 Å². The first-order valence-electron chi connectivity index (χ1n) is 7.80. The maximum absolute atomic E-state index is 12.9. The highest BCUT2D eigenvalue weighted by atomic mass is 35.5. The summed E-state index contributed by atoms with van der Waals surface area (Å²) in [6.07, 6.45) is 3.45. The largest absolute Gasteiger partial charge is 0.420 e. The summed E-state index contributed by atoms with van der Waals surface area (Å²) >= 11 is 5.85. The summed E-state index contributed by atoms with van der Waals surface area (Å²) < 4.78 is 31.5. The Hall–Kier alpha value is -2.57. The van der Waals surface area contributed by atoms with Crippen molar-refractivity contribution in [3.05, 3.63) is 71.1 Å². The molecule has 134 valence electrons. The molecule has 0 unspecified atom stereocenters. The lowest BCUT2D eigenvalue weighted by Crippen LogP contribution is -2.13. The number of aromatic nitrogens is 1. The van der Waals surface area contributed by atoms with Crippen molar-refractivity contribution in [3.63, 3.8) is 0 Å². The van der Waals surface area contributed by atoms with E-state index < -0.39 is 9.84 Å². The van der Waals surface area contributed by atoms with E-state index in [9.17, 15) is 8.42 Å². The van der Waals surface area contributed by atoms with Crippen LogP contribution in [-0.2, 0) is 9.84 Å². The zero-order valence-corrected chi connectivity index (χ0v) is 15.8. The molecule has 0 aliphatic carbocycles. The van der Waals surface area contributed by atoms with E-state index in [2.05, 4.69) is 4.98 Å². The Balaban J connectivity index is 2.02. The molecule has 0 saturated heterocycles. The van der Waals surface area contributed by atoms with Gasteiger partial charge >= 0.3 is 0 Å². The second-order valence-electron chi connectivity index (χ2n) is 5.76. The average molecular weight is 389 g/mol. The normalized spacial score (nSPS) is 11.8. The molecule has 0 aliphatic heterocycles. The first-order chi connectivity index (χ1) is 12.4. The quantitative estimate of drug-likeness (QED) is 0.648. The smallest absolute Gasteiger partial charge is 0.235 e. The van der Waals surface area contributed by atoms with Crippen LogP contribution in [0.5, 0.6) is 0 Å². The lowest BCUT2D eigenvalue weighted by Gasteiger charge is -2.10. The van der Waals surface area contributed by atoms with E-state index in [1.807, 2.05) is 36.4 Å². The average Bonchev–Trinajstić information content (AvgIpc) is 3.07. The highest BCUT2D eigenvalue weighted by Gasteiger charge is 2.28. The van der Waals surface area contributed by atoms with Crippen molar-refractivity contribution in [2.75, 3.05) is 19.0 Å². The van der Waals surface area contributed by atoms with Gasteiger partial charge in [0.15, 0.2) is 0 Å². The van der Waals surface area contributed by atoms with Crippen molar-refractivity contribution in [1.29, 1.82) is 0 Å². The number of anilines is 1. The van der Waals surface area contributed by atoms with Crippen molar-refractivity contribution >= 4 is 39.5 Å². The molecule has 3 aromatic rings. The lowest BCUT2D eigenvalue weighted by molar-refractivity contribution is 0.542. The maximum atomic E-state index is 12.9. The summed E-state index contributed by atoms with van der Waals surface area (Å²) in [4.78, 5) is 5.89. The summed E-state index contributed by atoms with van der Waals surface area (Å²) in [5, 5.41) is 0.334. The Morgan fingerprint density at radius 1 is 1.00 bits per heavy atom. The van der Waals surface area contributed by atoms with Crippen LogP contribution in [0.4, 0.5) is 5.88 Å². The molecule has 1 aromatic heterocycles. The van der Waals surface area contributed by atoms with Crippen LogP contribution in [0.3, 0.4) is 0 Å². The second-order valence-corrected chi connectivity index (χ2v) is 8.06. The van der Waals surface area contributed by atoms with Crippen molar-refractivity contribution in [3.8, 4) is 0 Å². The fraction of sp³-hybridized carbons (Fsp3) is 0.105. The fourth-order valence-corrected chi connectivity index (χ4v) is 3.81. The second kappa shape index (κ2) is 7.35. The Kier molecular flexibility index (Phi) is 5.15. The molecule has 0 saturated carbocycles. The van der Waals surface area contributed by atoms with Gasteiger partial charge < -0.3 is 9.32 Å². The molecule has 5 nitrogen and oxygen atoms in total. The lowest BCUT2D eigenvalue weighted by atomic mass is 10.2. The van der Waals surface area contributed by atoms with Gasteiger partial charge in [0.2, 0.25) is 26.6 Å². The number of oxazole rings is 1. The Bertz CT molecular complexity index is 1020. The summed E-state index contributed by atoms with van der Waals surface area (Å²) in [6.45, 7) is 0. The van der Waals surface area contributed by atoms with Gasteiger partial charge in [-0.1, -0.05) is 41.9 Å². The van der Waals surface area contributed by atoms with Gasteiger partial charge in [0, 0.05) is 25.2 Å². The van der Waals surface area contributed by atoms with Crippen molar-refractivity contribution < 1.29 is 12.8 Å².